The standard InChI is InChI=1S/C23H24ClN3O2S/c1-2-3-6-22(28)26(14-20-5-4-13-29-20)12-11-19-16-30-23-25-21(15-27(19)23)17-7-9-18(24)10-8-17/h4-5,7-10,13,15-16H,2-3,6,11-12,14H2,1H3. The first-order valence-corrected chi connectivity index (χ1v) is 11.4. The van der Waals surface area contributed by atoms with Crippen LogP contribution < -0.4 is 0 Å². The molecule has 156 valence electrons. The number of unbranched alkanes of at least 4 members (excludes halogenated alkanes) is 1. The third-order valence-electron chi connectivity index (χ3n) is 5.08. The molecule has 5 nitrogen and oxygen atoms in total. The Morgan fingerprint density at radius 3 is 2.83 bits per heavy atom. The van der Waals surface area contributed by atoms with Gasteiger partial charge in [0, 0.05) is 47.2 Å². The molecule has 0 spiro atoms. The van der Waals surface area contributed by atoms with Crippen LogP contribution >= 0.6 is 22.9 Å². The Labute approximate surface area is 184 Å². The first-order chi connectivity index (χ1) is 14.6. The van der Waals surface area contributed by atoms with Crippen LogP contribution in [0.1, 0.15) is 37.6 Å². The predicted octanol–water partition coefficient (Wildman–Crippen LogP) is 6.07. The van der Waals surface area contributed by atoms with E-state index in [1.807, 2.05) is 41.3 Å². The minimum Gasteiger partial charge on any atom is -0.467 e. The number of furan rings is 1. The monoisotopic (exact) mass is 441 g/mol. The minimum atomic E-state index is 0.173. The van der Waals surface area contributed by atoms with Crippen molar-refractivity contribution in [2.45, 2.75) is 39.2 Å². The molecule has 0 aliphatic rings. The van der Waals surface area contributed by atoms with E-state index in [9.17, 15) is 4.79 Å². The van der Waals surface area contributed by atoms with Crippen LogP contribution in [0.2, 0.25) is 5.02 Å². The molecular weight excluding hydrogens is 418 g/mol. The number of halogens is 1. The molecule has 4 rings (SSSR count). The van der Waals surface area contributed by atoms with E-state index in [0.717, 1.165) is 46.9 Å². The number of nitrogens with zero attached hydrogens (tertiary/aromatic N) is 3. The van der Waals surface area contributed by atoms with Gasteiger partial charge in [0.15, 0.2) is 4.96 Å². The number of fused-ring (bicyclic) bond motifs is 1. The molecule has 1 aromatic carbocycles. The van der Waals surface area contributed by atoms with E-state index in [2.05, 4.69) is 22.9 Å². The molecule has 0 fully saturated rings. The van der Waals surface area contributed by atoms with Crippen LogP contribution in [0, 0.1) is 0 Å². The third-order valence-corrected chi connectivity index (χ3v) is 6.23. The molecule has 0 bridgehead atoms. The zero-order valence-electron chi connectivity index (χ0n) is 16.9. The van der Waals surface area contributed by atoms with Crippen LogP contribution in [-0.4, -0.2) is 26.7 Å². The Morgan fingerprint density at radius 1 is 1.27 bits per heavy atom. The van der Waals surface area contributed by atoms with E-state index >= 15 is 0 Å². The summed E-state index contributed by atoms with van der Waals surface area (Å²) in [7, 11) is 0. The van der Waals surface area contributed by atoms with E-state index < -0.39 is 0 Å². The second kappa shape index (κ2) is 9.49. The average molecular weight is 442 g/mol. The minimum absolute atomic E-state index is 0.173. The zero-order chi connectivity index (χ0) is 20.9. The van der Waals surface area contributed by atoms with Crippen molar-refractivity contribution in [3.05, 3.63) is 70.7 Å². The molecule has 0 saturated heterocycles. The van der Waals surface area contributed by atoms with Gasteiger partial charge in [0.1, 0.15) is 5.76 Å². The molecule has 0 N–H and O–H groups in total. The van der Waals surface area contributed by atoms with Crippen molar-refractivity contribution < 1.29 is 9.21 Å². The highest BCUT2D eigenvalue weighted by atomic mass is 35.5. The summed E-state index contributed by atoms with van der Waals surface area (Å²) in [5.41, 5.74) is 3.11. The fourth-order valence-electron chi connectivity index (χ4n) is 3.39. The van der Waals surface area contributed by atoms with Gasteiger partial charge in [-0.05, 0) is 30.7 Å². The van der Waals surface area contributed by atoms with Gasteiger partial charge in [-0.15, -0.1) is 11.3 Å². The van der Waals surface area contributed by atoms with E-state index in [0.29, 0.717) is 24.5 Å². The summed E-state index contributed by atoms with van der Waals surface area (Å²) in [6, 6.07) is 11.5. The molecule has 4 aromatic rings. The molecule has 0 saturated carbocycles. The molecular formula is C23H24ClN3O2S. The van der Waals surface area contributed by atoms with Gasteiger partial charge in [-0.25, -0.2) is 4.98 Å². The fourth-order valence-corrected chi connectivity index (χ4v) is 4.42. The summed E-state index contributed by atoms with van der Waals surface area (Å²) in [6.45, 7) is 3.25. The molecule has 7 heteroatoms. The molecule has 3 heterocycles. The topological polar surface area (TPSA) is 50.8 Å². The largest absolute Gasteiger partial charge is 0.467 e. The summed E-state index contributed by atoms with van der Waals surface area (Å²) in [5.74, 6) is 0.982. The molecule has 3 aromatic heterocycles. The second-order valence-corrected chi connectivity index (χ2v) is 8.53. The van der Waals surface area contributed by atoms with Gasteiger partial charge >= 0.3 is 0 Å². The number of hydrogen-bond donors (Lipinski definition) is 0. The number of benzene rings is 1. The number of amides is 1. The summed E-state index contributed by atoms with van der Waals surface area (Å²) < 4.78 is 7.59. The van der Waals surface area contributed by atoms with Crippen molar-refractivity contribution in [3.63, 3.8) is 0 Å². The average Bonchev–Trinajstić information content (AvgIpc) is 3.48. The van der Waals surface area contributed by atoms with Crippen LogP contribution in [0.5, 0.6) is 0 Å². The van der Waals surface area contributed by atoms with Crippen molar-refractivity contribution in [3.8, 4) is 11.3 Å². The quantitative estimate of drug-likeness (QED) is 0.316. The lowest BCUT2D eigenvalue weighted by molar-refractivity contribution is -0.132. The summed E-state index contributed by atoms with van der Waals surface area (Å²) >= 11 is 7.61. The Bertz CT molecular complexity index is 1100. The molecule has 30 heavy (non-hydrogen) atoms. The van der Waals surface area contributed by atoms with E-state index in [4.69, 9.17) is 21.0 Å². The number of carbonyl (C=O) groups excluding carboxylic acids is 1. The maximum atomic E-state index is 12.7. The number of aromatic nitrogens is 2. The Morgan fingerprint density at radius 2 is 2.10 bits per heavy atom. The van der Waals surface area contributed by atoms with Crippen molar-refractivity contribution in [1.82, 2.24) is 14.3 Å². The number of thiazole rings is 1. The molecule has 0 aliphatic carbocycles. The Kier molecular flexibility index (Phi) is 6.55. The van der Waals surface area contributed by atoms with Gasteiger partial charge in [-0.2, -0.15) is 0 Å². The lowest BCUT2D eigenvalue weighted by atomic mass is 10.2. The van der Waals surface area contributed by atoms with E-state index in [-0.39, 0.29) is 5.91 Å². The normalized spacial score (nSPS) is 11.3. The summed E-state index contributed by atoms with van der Waals surface area (Å²) in [4.78, 5) is 20.3. The highest BCUT2D eigenvalue weighted by Gasteiger charge is 2.17. The number of carbonyl (C=O) groups is 1. The molecule has 1 amide bonds. The van der Waals surface area contributed by atoms with Gasteiger partial charge in [-0.1, -0.05) is 37.1 Å². The van der Waals surface area contributed by atoms with Crippen molar-refractivity contribution in [2.75, 3.05) is 6.54 Å². The van der Waals surface area contributed by atoms with Crippen LogP contribution in [-0.2, 0) is 17.8 Å². The molecule has 0 aliphatic heterocycles. The number of rotatable bonds is 9. The smallest absolute Gasteiger partial charge is 0.222 e. The first kappa shape index (κ1) is 20.7. The molecule has 0 atom stereocenters. The van der Waals surface area contributed by atoms with Gasteiger partial charge < -0.3 is 9.32 Å². The van der Waals surface area contributed by atoms with Crippen molar-refractivity contribution in [1.29, 1.82) is 0 Å². The van der Waals surface area contributed by atoms with Crippen molar-refractivity contribution in [2.24, 2.45) is 0 Å². The zero-order valence-corrected chi connectivity index (χ0v) is 18.5. The highest BCUT2D eigenvalue weighted by molar-refractivity contribution is 7.15. The van der Waals surface area contributed by atoms with Crippen molar-refractivity contribution >= 4 is 33.8 Å². The third kappa shape index (κ3) is 4.77. The lowest BCUT2D eigenvalue weighted by Gasteiger charge is -2.21. The van der Waals surface area contributed by atoms with Gasteiger partial charge in [-0.3, -0.25) is 9.20 Å². The maximum Gasteiger partial charge on any atom is 0.222 e. The second-order valence-electron chi connectivity index (χ2n) is 7.26. The van der Waals surface area contributed by atoms with Crippen LogP contribution in [0.25, 0.3) is 16.2 Å². The number of hydrogen-bond acceptors (Lipinski definition) is 4. The Balaban J connectivity index is 1.50. The molecule has 0 radical (unpaired) electrons. The summed E-state index contributed by atoms with van der Waals surface area (Å²) in [6.07, 6.45) is 6.95. The van der Waals surface area contributed by atoms with E-state index in [1.165, 1.54) is 0 Å². The van der Waals surface area contributed by atoms with Gasteiger partial charge in [0.05, 0.1) is 18.5 Å². The van der Waals surface area contributed by atoms with Crippen LogP contribution in [0.4, 0.5) is 0 Å². The maximum absolute atomic E-state index is 12.7. The lowest BCUT2D eigenvalue weighted by Crippen LogP contribution is -2.32. The summed E-state index contributed by atoms with van der Waals surface area (Å²) in [5, 5.41) is 2.83. The van der Waals surface area contributed by atoms with Crippen LogP contribution in [0.15, 0.2) is 58.7 Å². The van der Waals surface area contributed by atoms with Gasteiger partial charge in [0.25, 0.3) is 0 Å². The fraction of sp³-hybridized carbons (Fsp3) is 0.304. The highest BCUT2D eigenvalue weighted by Crippen LogP contribution is 2.25. The Hall–Kier alpha value is -2.57. The SMILES string of the molecule is CCCCC(=O)N(CCc1csc2nc(-c3ccc(Cl)cc3)cn12)Cc1ccco1. The number of imidazole rings is 1. The first-order valence-electron chi connectivity index (χ1n) is 10.2. The van der Waals surface area contributed by atoms with E-state index in [1.54, 1.807) is 17.6 Å². The molecule has 0 unspecified atom stereocenters. The van der Waals surface area contributed by atoms with Crippen LogP contribution in [0.3, 0.4) is 0 Å². The predicted molar refractivity (Wildman–Crippen MR) is 121 cm³/mol. The van der Waals surface area contributed by atoms with Gasteiger partial charge in [0.2, 0.25) is 5.91 Å².